The Labute approximate surface area is 147 Å². The molecule has 134 valence electrons. The van der Waals surface area contributed by atoms with Gasteiger partial charge in [-0.1, -0.05) is 19.9 Å². The Morgan fingerprint density at radius 3 is 3.04 bits per heavy atom. The number of amides is 1. The predicted molar refractivity (Wildman–Crippen MR) is 96.1 cm³/mol. The number of aromatic nitrogens is 2. The fourth-order valence-corrected chi connectivity index (χ4v) is 3.27. The van der Waals surface area contributed by atoms with Crippen LogP contribution in [0.25, 0.3) is 0 Å². The Hall–Kier alpha value is -2.37. The number of H-pyrrole nitrogens is 1. The molecular weight excluding hydrogens is 319 g/mol. The zero-order chi connectivity index (χ0) is 17.8. The number of carbonyl (C=O) groups excluding carboxylic acids is 1. The molecule has 1 aromatic heterocycles. The molecule has 2 N–H and O–H groups in total. The number of halogens is 1. The van der Waals surface area contributed by atoms with Gasteiger partial charge in [-0.15, -0.1) is 0 Å². The molecule has 5 nitrogen and oxygen atoms in total. The summed E-state index contributed by atoms with van der Waals surface area (Å²) in [5, 5.41) is 10.5. The zero-order valence-corrected chi connectivity index (χ0v) is 14.8. The number of nitrogens with zero attached hydrogens (tertiary/aromatic N) is 2. The van der Waals surface area contributed by atoms with Gasteiger partial charge in [0.05, 0.1) is 0 Å². The zero-order valence-electron chi connectivity index (χ0n) is 14.8. The lowest BCUT2D eigenvalue weighted by Crippen LogP contribution is -2.45. The van der Waals surface area contributed by atoms with Crippen molar-refractivity contribution in [2.75, 3.05) is 18.4 Å². The summed E-state index contributed by atoms with van der Waals surface area (Å²) in [7, 11) is 0. The molecule has 1 amide bonds. The second-order valence-electron chi connectivity index (χ2n) is 7.12. The molecule has 1 fully saturated rings. The lowest BCUT2D eigenvalue weighted by molar-refractivity contribution is 0.0709. The van der Waals surface area contributed by atoms with Crippen LogP contribution in [0, 0.1) is 11.7 Å². The Balaban J connectivity index is 1.62. The van der Waals surface area contributed by atoms with Crippen molar-refractivity contribution in [3.8, 4) is 0 Å². The molecule has 1 saturated heterocycles. The van der Waals surface area contributed by atoms with Crippen LogP contribution >= 0.6 is 0 Å². The minimum atomic E-state index is -0.261. The van der Waals surface area contributed by atoms with Crippen LogP contribution in [0.1, 0.15) is 42.9 Å². The summed E-state index contributed by atoms with van der Waals surface area (Å²) in [5.41, 5.74) is 2.21. The molecule has 0 bridgehead atoms. The van der Waals surface area contributed by atoms with Crippen LogP contribution in [-0.2, 0) is 6.42 Å². The van der Waals surface area contributed by atoms with Gasteiger partial charge < -0.3 is 10.2 Å². The van der Waals surface area contributed by atoms with Crippen molar-refractivity contribution in [3.05, 3.63) is 47.5 Å². The standard InChI is InChI=1S/C19H25FN4O/c1-13(2)9-17-11-18(23-22-17)19(25)24-8-4-7-16(12-24)21-15-6-3-5-14(20)10-15/h3,5-6,10-11,13,16,21H,4,7-9,12H2,1-2H3,(H,22,23)/t16-/m0/s1. The van der Waals surface area contributed by atoms with E-state index in [1.54, 1.807) is 6.07 Å². The molecule has 6 heteroatoms. The van der Waals surface area contributed by atoms with Gasteiger partial charge in [0.1, 0.15) is 11.5 Å². The monoisotopic (exact) mass is 344 g/mol. The third kappa shape index (κ3) is 4.59. The number of carbonyl (C=O) groups is 1. The van der Waals surface area contributed by atoms with Gasteiger partial charge in [0.15, 0.2) is 0 Å². The molecule has 0 unspecified atom stereocenters. The lowest BCUT2D eigenvalue weighted by Gasteiger charge is -2.33. The summed E-state index contributed by atoms with van der Waals surface area (Å²) in [6.07, 6.45) is 2.76. The van der Waals surface area contributed by atoms with Crippen molar-refractivity contribution in [2.24, 2.45) is 5.92 Å². The molecule has 0 spiro atoms. The number of rotatable bonds is 5. The molecule has 0 radical (unpaired) electrons. The Bertz CT molecular complexity index is 728. The largest absolute Gasteiger partial charge is 0.380 e. The van der Waals surface area contributed by atoms with Gasteiger partial charge in [-0.05, 0) is 49.4 Å². The molecule has 0 saturated carbocycles. The van der Waals surface area contributed by atoms with Crippen molar-refractivity contribution in [3.63, 3.8) is 0 Å². The van der Waals surface area contributed by atoms with Gasteiger partial charge in [0.2, 0.25) is 0 Å². The molecule has 1 aliphatic heterocycles. The number of hydrogen-bond donors (Lipinski definition) is 2. The number of anilines is 1. The van der Waals surface area contributed by atoms with E-state index in [4.69, 9.17) is 0 Å². The number of aromatic amines is 1. The average molecular weight is 344 g/mol. The van der Waals surface area contributed by atoms with Crippen molar-refractivity contribution in [1.82, 2.24) is 15.1 Å². The maximum Gasteiger partial charge on any atom is 0.274 e. The lowest BCUT2D eigenvalue weighted by atomic mass is 10.0. The fraction of sp³-hybridized carbons (Fsp3) is 0.474. The normalized spacial score (nSPS) is 17.8. The van der Waals surface area contributed by atoms with Gasteiger partial charge >= 0.3 is 0 Å². The van der Waals surface area contributed by atoms with E-state index < -0.39 is 0 Å². The Kier molecular flexibility index (Phi) is 5.36. The third-order valence-electron chi connectivity index (χ3n) is 4.38. The first-order chi connectivity index (χ1) is 12.0. The van der Waals surface area contributed by atoms with Gasteiger partial charge in [-0.3, -0.25) is 9.89 Å². The van der Waals surface area contributed by atoms with Crippen LogP contribution in [0.2, 0.25) is 0 Å². The van der Waals surface area contributed by atoms with Crippen LogP contribution < -0.4 is 5.32 Å². The fourth-order valence-electron chi connectivity index (χ4n) is 3.27. The highest BCUT2D eigenvalue weighted by Crippen LogP contribution is 2.19. The highest BCUT2D eigenvalue weighted by Gasteiger charge is 2.26. The molecule has 2 aromatic rings. The quantitative estimate of drug-likeness (QED) is 0.873. The first-order valence-corrected chi connectivity index (χ1v) is 8.87. The van der Waals surface area contributed by atoms with Crippen molar-refractivity contribution in [2.45, 2.75) is 39.2 Å². The molecule has 3 rings (SSSR count). The number of piperidine rings is 1. The topological polar surface area (TPSA) is 61.0 Å². The number of hydrogen-bond acceptors (Lipinski definition) is 3. The van der Waals surface area contributed by atoms with Gasteiger partial charge in [0, 0.05) is 30.5 Å². The SMILES string of the molecule is CC(C)Cc1cc(C(=O)N2CCC[C@H](Nc3cccc(F)c3)C2)n[nH]1. The Morgan fingerprint density at radius 2 is 2.28 bits per heavy atom. The van der Waals surface area contributed by atoms with Crippen LogP contribution in [0.5, 0.6) is 0 Å². The van der Waals surface area contributed by atoms with Gasteiger partial charge in [-0.25, -0.2) is 4.39 Å². The summed E-state index contributed by atoms with van der Waals surface area (Å²) in [6, 6.07) is 8.40. The number of likely N-dealkylation sites (tertiary alicyclic amines) is 1. The van der Waals surface area contributed by atoms with E-state index in [1.165, 1.54) is 12.1 Å². The third-order valence-corrected chi connectivity index (χ3v) is 4.38. The van der Waals surface area contributed by atoms with Gasteiger partial charge in [0.25, 0.3) is 5.91 Å². The van der Waals surface area contributed by atoms with Crippen LogP contribution in [0.3, 0.4) is 0 Å². The summed E-state index contributed by atoms with van der Waals surface area (Å²) < 4.78 is 13.3. The second kappa shape index (κ2) is 7.68. The molecular formula is C19H25FN4O. The first-order valence-electron chi connectivity index (χ1n) is 8.87. The summed E-state index contributed by atoms with van der Waals surface area (Å²) in [4.78, 5) is 14.5. The highest BCUT2D eigenvalue weighted by molar-refractivity contribution is 5.92. The summed E-state index contributed by atoms with van der Waals surface area (Å²) in [5.74, 6) is 0.207. The minimum Gasteiger partial charge on any atom is -0.380 e. The van der Waals surface area contributed by atoms with E-state index in [0.717, 1.165) is 37.2 Å². The number of nitrogens with one attached hydrogen (secondary N) is 2. The van der Waals surface area contributed by atoms with Crippen LogP contribution in [-0.4, -0.2) is 40.1 Å². The molecule has 25 heavy (non-hydrogen) atoms. The van der Waals surface area contributed by atoms with Crippen molar-refractivity contribution >= 4 is 11.6 Å². The highest BCUT2D eigenvalue weighted by atomic mass is 19.1. The second-order valence-corrected chi connectivity index (χ2v) is 7.12. The van der Waals surface area contributed by atoms with E-state index in [2.05, 4.69) is 29.4 Å². The molecule has 1 atom stereocenters. The van der Waals surface area contributed by atoms with E-state index >= 15 is 0 Å². The van der Waals surface area contributed by atoms with Crippen molar-refractivity contribution < 1.29 is 9.18 Å². The van der Waals surface area contributed by atoms with E-state index in [0.29, 0.717) is 18.2 Å². The molecule has 1 aromatic carbocycles. The molecule has 0 aliphatic carbocycles. The smallest absolute Gasteiger partial charge is 0.274 e. The Morgan fingerprint density at radius 1 is 1.44 bits per heavy atom. The number of benzene rings is 1. The van der Waals surface area contributed by atoms with Crippen LogP contribution in [0.4, 0.5) is 10.1 Å². The van der Waals surface area contributed by atoms with Crippen molar-refractivity contribution in [1.29, 1.82) is 0 Å². The molecule has 2 heterocycles. The summed E-state index contributed by atoms with van der Waals surface area (Å²) in [6.45, 7) is 5.60. The van der Waals surface area contributed by atoms with E-state index in [1.807, 2.05) is 17.0 Å². The average Bonchev–Trinajstić information content (AvgIpc) is 3.02. The predicted octanol–water partition coefficient (Wildman–Crippen LogP) is 3.46. The maximum absolute atomic E-state index is 13.3. The maximum atomic E-state index is 13.3. The molecule has 1 aliphatic rings. The van der Waals surface area contributed by atoms with Gasteiger partial charge in [-0.2, -0.15) is 5.10 Å². The van der Waals surface area contributed by atoms with E-state index in [-0.39, 0.29) is 17.8 Å². The van der Waals surface area contributed by atoms with Crippen LogP contribution in [0.15, 0.2) is 30.3 Å². The minimum absolute atomic E-state index is 0.0444. The summed E-state index contributed by atoms with van der Waals surface area (Å²) >= 11 is 0. The first kappa shape index (κ1) is 17.5. The van der Waals surface area contributed by atoms with E-state index in [9.17, 15) is 9.18 Å².